The fourth-order valence-electron chi connectivity index (χ4n) is 1.91. The third-order valence-electron chi connectivity index (χ3n) is 2.80. The van der Waals surface area contributed by atoms with Gasteiger partial charge in [-0.15, -0.1) is 0 Å². The van der Waals surface area contributed by atoms with E-state index in [0.717, 1.165) is 11.5 Å². The van der Waals surface area contributed by atoms with Crippen LogP contribution in [0, 0.1) is 5.82 Å². The van der Waals surface area contributed by atoms with E-state index in [0.29, 0.717) is 23.5 Å². The maximum atomic E-state index is 13.1. The Morgan fingerprint density at radius 2 is 2.19 bits per heavy atom. The van der Waals surface area contributed by atoms with E-state index in [-0.39, 0.29) is 22.3 Å². The molecule has 2 rings (SSSR count). The Morgan fingerprint density at radius 3 is 2.86 bits per heavy atom. The third kappa shape index (κ3) is 3.70. The number of sulfone groups is 1. The number of rotatable bonds is 6. The zero-order valence-electron chi connectivity index (χ0n) is 11.5. The highest BCUT2D eigenvalue weighted by Gasteiger charge is 2.24. The molecule has 114 valence electrons. The second kappa shape index (κ2) is 6.40. The van der Waals surface area contributed by atoms with Crippen LogP contribution in [0.4, 0.5) is 15.2 Å². The molecular formula is C13H16FN3O2S2. The summed E-state index contributed by atoms with van der Waals surface area (Å²) < 4.78 is 41.4. The van der Waals surface area contributed by atoms with Crippen LogP contribution < -0.4 is 11.1 Å². The summed E-state index contributed by atoms with van der Waals surface area (Å²) in [4.78, 5) is 0.0470. The summed E-state index contributed by atoms with van der Waals surface area (Å²) in [7, 11) is -3.45. The number of halogens is 1. The molecule has 1 heterocycles. The molecule has 0 fully saturated rings. The van der Waals surface area contributed by atoms with Gasteiger partial charge in [-0.1, -0.05) is 19.1 Å². The summed E-state index contributed by atoms with van der Waals surface area (Å²) in [6, 6.07) is 6.09. The van der Waals surface area contributed by atoms with E-state index < -0.39 is 9.84 Å². The molecule has 0 bridgehead atoms. The van der Waals surface area contributed by atoms with E-state index in [1.807, 2.05) is 0 Å². The second-order valence-corrected chi connectivity index (χ2v) is 7.35. The summed E-state index contributed by atoms with van der Waals surface area (Å²) in [5.74, 6) is -0.309. The first kappa shape index (κ1) is 15.7. The van der Waals surface area contributed by atoms with Crippen LogP contribution in [0.15, 0.2) is 29.2 Å². The standard InChI is InChI=1S/C13H16FN3O2S2/c1-2-6-21(18,19)11-12(15)17-20-13(11)16-8-9-4-3-5-10(14)7-9/h3-5,7,16H,2,6,8H2,1H3,(H2,15,17). The molecule has 2 aromatic rings. The molecule has 0 aliphatic rings. The van der Waals surface area contributed by atoms with Crippen LogP contribution in [0.5, 0.6) is 0 Å². The largest absolute Gasteiger partial charge is 0.382 e. The van der Waals surface area contributed by atoms with Gasteiger partial charge in [-0.2, -0.15) is 4.37 Å². The lowest BCUT2D eigenvalue weighted by Crippen LogP contribution is -2.10. The van der Waals surface area contributed by atoms with Crippen LogP contribution in [0.25, 0.3) is 0 Å². The average Bonchev–Trinajstić information content (AvgIpc) is 2.78. The normalized spacial score (nSPS) is 11.5. The number of nitrogens with two attached hydrogens (primary N) is 1. The molecular weight excluding hydrogens is 313 g/mol. The van der Waals surface area contributed by atoms with E-state index in [1.165, 1.54) is 12.1 Å². The molecule has 3 N–H and O–H groups in total. The van der Waals surface area contributed by atoms with E-state index in [1.54, 1.807) is 19.1 Å². The summed E-state index contributed by atoms with van der Waals surface area (Å²) >= 11 is 0.993. The summed E-state index contributed by atoms with van der Waals surface area (Å²) in [5, 5.41) is 3.37. The zero-order chi connectivity index (χ0) is 15.5. The van der Waals surface area contributed by atoms with Crippen LogP contribution >= 0.6 is 11.5 Å². The monoisotopic (exact) mass is 329 g/mol. The van der Waals surface area contributed by atoms with Gasteiger partial charge in [-0.05, 0) is 35.6 Å². The molecule has 5 nitrogen and oxygen atoms in total. The number of nitrogens with one attached hydrogen (secondary N) is 1. The molecule has 0 saturated heterocycles. The minimum atomic E-state index is -3.45. The molecule has 1 aromatic carbocycles. The lowest BCUT2D eigenvalue weighted by atomic mass is 10.2. The Kier molecular flexibility index (Phi) is 4.79. The van der Waals surface area contributed by atoms with Crippen molar-refractivity contribution in [2.24, 2.45) is 0 Å². The second-order valence-electron chi connectivity index (χ2n) is 4.53. The van der Waals surface area contributed by atoms with Crippen molar-refractivity contribution in [3.8, 4) is 0 Å². The summed E-state index contributed by atoms with van der Waals surface area (Å²) in [6.07, 6.45) is 0.501. The summed E-state index contributed by atoms with van der Waals surface area (Å²) in [6.45, 7) is 2.08. The fraction of sp³-hybridized carbons (Fsp3) is 0.308. The quantitative estimate of drug-likeness (QED) is 0.851. The van der Waals surface area contributed by atoms with Crippen molar-refractivity contribution in [1.82, 2.24) is 4.37 Å². The number of anilines is 2. The molecule has 0 unspecified atom stereocenters. The van der Waals surface area contributed by atoms with E-state index in [9.17, 15) is 12.8 Å². The van der Waals surface area contributed by atoms with E-state index in [2.05, 4.69) is 9.69 Å². The highest BCUT2D eigenvalue weighted by molar-refractivity contribution is 7.91. The van der Waals surface area contributed by atoms with Crippen molar-refractivity contribution in [3.05, 3.63) is 35.6 Å². The molecule has 0 saturated carbocycles. The van der Waals surface area contributed by atoms with E-state index in [4.69, 9.17) is 5.73 Å². The molecule has 0 amide bonds. The predicted octanol–water partition coefficient (Wildman–Crippen LogP) is 2.66. The number of nitrogens with zero attached hydrogens (tertiary/aromatic N) is 1. The minimum absolute atomic E-state index is 0.00944. The first-order valence-corrected chi connectivity index (χ1v) is 8.83. The lowest BCUT2D eigenvalue weighted by Gasteiger charge is -2.08. The molecule has 8 heteroatoms. The minimum Gasteiger partial charge on any atom is -0.382 e. The van der Waals surface area contributed by atoms with Crippen molar-refractivity contribution >= 4 is 32.2 Å². The van der Waals surface area contributed by atoms with E-state index >= 15 is 0 Å². The Balaban J connectivity index is 2.22. The fourth-order valence-corrected chi connectivity index (χ4v) is 4.52. The lowest BCUT2D eigenvalue weighted by molar-refractivity contribution is 0.595. The average molecular weight is 329 g/mol. The molecule has 0 atom stereocenters. The molecule has 0 aliphatic heterocycles. The van der Waals surface area contributed by atoms with Crippen molar-refractivity contribution in [3.63, 3.8) is 0 Å². The Labute approximate surface area is 127 Å². The van der Waals surface area contributed by atoms with Crippen LogP contribution in [0.2, 0.25) is 0 Å². The Hall–Kier alpha value is -1.67. The van der Waals surface area contributed by atoms with Gasteiger partial charge >= 0.3 is 0 Å². The first-order chi connectivity index (χ1) is 9.94. The van der Waals surface area contributed by atoms with Crippen LogP contribution in [-0.2, 0) is 16.4 Å². The molecule has 0 aliphatic carbocycles. The van der Waals surface area contributed by atoms with Crippen LogP contribution in [0.3, 0.4) is 0 Å². The van der Waals surface area contributed by atoms with Gasteiger partial charge in [0.15, 0.2) is 15.7 Å². The molecule has 0 radical (unpaired) electrons. The highest BCUT2D eigenvalue weighted by Crippen LogP contribution is 2.32. The zero-order valence-corrected chi connectivity index (χ0v) is 13.1. The molecule has 1 aromatic heterocycles. The van der Waals surface area contributed by atoms with Gasteiger partial charge in [0.2, 0.25) is 0 Å². The highest BCUT2D eigenvalue weighted by atomic mass is 32.2. The van der Waals surface area contributed by atoms with Gasteiger partial charge in [0.05, 0.1) is 5.75 Å². The maximum Gasteiger partial charge on any atom is 0.185 e. The van der Waals surface area contributed by atoms with Crippen molar-refractivity contribution in [2.45, 2.75) is 24.8 Å². The van der Waals surface area contributed by atoms with Gasteiger partial charge in [-0.3, -0.25) is 0 Å². The number of hydrogen-bond donors (Lipinski definition) is 2. The molecule has 21 heavy (non-hydrogen) atoms. The van der Waals surface area contributed by atoms with Crippen LogP contribution in [0.1, 0.15) is 18.9 Å². The third-order valence-corrected chi connectivity index (χ3v) is 5.73. The Bertz CT molecular complexity index is 729. The first-order valence-electron chi connectivity index (χ1n) is 6.40. The van der Waals surface area contributed by atoms with Gasteiger partial charge in [0.25, 0.3) is 0 Å². The number of aromatic nitrogens is 1. The SMILES string of the molecule is CCCS(=O)(=O)c1c(N)nsc1NCc1cccc(F)c1. The van der Waals surface area contributed by atoms with Gasteiger partial charge < -0.3 is 11.1 Å². The summed E-state index contributed by atoms with van der Waals surface area (Å²) in [5.41, 5.74) is 6.38. The van der Waals surface area contributed by atoms with Gasteiger partial charge in [0, 0.05) is 6.54 Å². The van der Waals surface area contributed by atoms with Crippen LogP contribution in [-0.4, -0.2) is 18.5 Å². The topological polar surface area (TPSA) is 85.1 Å². The maximum absolute atomic E-state index is 13.1. The van der Waals surface area contributed by atoms with Crippen molar-refractivity contribution in [1.29, 1.82) is 0 Å². The number of hydrogen-bond acceptors (Lipinski definition) is 6. The molecule has 0 spiro atoms. The van der Waals surface area contributed by atoms with Gasteiger partial charge in [0.1, 0.15) is 15.7 Å². The number of benzene rings is 1. The Morgan fingerprint density at radius 1 is 1.43 bits per heavy atom. The van der Waals surface area contributed by atoms with Crippen molar-refractivity contribution < 1.29 is 12.8 Å². The predicted molar refractivity (Wildman–Crippen MR) is 82.6 cm³/mol. The van der Waals surface area contributed by atoms with Gasteiger partial charge in [-0.25, -0.2) is 12.8 Å². The number of nitrogen functional groups attached to an aromatic ring is 1. The smallest absolute Gasteiger partial charge is 0.185 e. The van der Waals surface area contributed by atoms with Crippen molar-refractivity contribution in [2.75, 3.05) is 16.8 Å².